The molecule has 1 heterocycles. The van der Waals surface area contributed by atoms with Crippen LogP contribution in [0.25, 0.3) is 0 Å². The summed E-state index contributed by atoms with van der Waals surface area (Å²) < 4.78 is 14.1. The third kappa shape index (κ3) is 4.35. The maximum Gasteiger partial charge on any atom is 0.256 e. The molecule has 2 aromatic rings. The van der Waals surface area contributed by atoms with Gasteiger partial charge < -0.3 is 10.2 Å². The predicted molar refractivity (Wildman–Crippen MR) is 103 cm³/mol. The standard InChI is InChI=1S/C22H25FN2O2/c1-15(2)12-24-21(26)19-14-25(13-18(19)16-8-4-3-5-9-16)22(27)17-10-6-7-11-20(17)23/h3-11,15,18-19H,12-14H2,1-2H3,(H,24,26)/t18-,19-/m0/s1. The number of halogens is 1. The predicted octanol–water partition coefficient (Wildman–Crippen LogP) is 3.45. The van der Waals surface area contributed by atoms with Crippen LogP contribution in [0.5, 0.6) is 0 Å². The van der Waals surface area contributed by atoms with Gasteiger partial charge in [-0.3, -0.25) is 9.59 Å². The maximum atomic E-state index is 14.1. The average Bonchev–Trinajstić information content (AvgIpc) is 3.12. The van der Waals surface area contributed by atoms with Gasteiger partial charge in [0, 0.05) is 25.6 Å². The smallest absolute Gasteiger partial charge is 0.256 e. The van der Waals surface area contributed by atoms with Crippen molar-refractivity contribution in [1.29, 1.82) is 0 Å². The molecule has 0 aromatic heterocycles. The number of carbonyl (C=O) groups is 2. The number of rotatable bonds is 5. The zero-order valence-electron chi connectivity index (χ0n) is 15.7. The van der Waals surface area contributed by atoms with E-state index in [0.717, 1.165) is 5.56 Å². The highest BCUT2D eigenvalue weighted by atomic mass is 19.1. The molecule has 2 amide bonds. The van der Waals surface area contributed by atoms with Gasteiger partial charge in [-0.2, -0.15) is 0 Å². The van der Waals surface area contributed by atoms with E-state index in [1.807, 2.05) is 44.2 Å². The summed E-state index contributed by atoms with van der Waals surface area (Å²) in [5, 5.41) is 2.98. The zero-order chi connectivity index (χ0) is 19.4. The molecule has 0 bridgehead atoms. The summed E-state index contributed by atoms with van der Waals surface area (Å²) in [7, 11) is 0. The number of nitrogens with zero attached hydrogens (tertiary/aromatic N) is 1. The number of benzene rings is 2. The minimum atomic E-state index is -0.536. The normalized spacial score (nSPS) is 19.3. The van der Waals surface area contributed by atoms with E-state index in [1.165, 1.54) is 12.1 Å². The van der Waals surface area contributed by atoms with Crippen molar-refractivity contribution in [3.05, 3.63) is 71.5 Å². The summed E-state index contributed by atoms with van der Waals surface area (Å²) in [5.41, 5.74) is 1.07. The fourth-order valence-corrected chi connectivity index (χ4v) is 3.51. The monoisotopic (exact) mass is 368 g/mol. The van der Waals surface area contributed by atoms with Crippen molar-refractivity contribution < 1.29 is 14.0 Å². The molecule has 1 fully saturated rings. The number of amides is 2. The molecule has 1 saturated heterocycles. The average molecular weight is 368 g/mol. The second kappa shape index (κ2) is 8.33. The van der Waals surface area contributed by atoms with E-state index in [9.17, 15) is 14.0 Å². The number of hydrogen-bond acceptors (Lipinski definition) is 2. The van der Waals surface area contributed by atoms with Crippen LogP contribution >= 0.6 is 0 Å². The SMILES string of the molecule is CC(C)CNC(=O)[C@H]1CN(C(=O)c2ccccc2F)C[C@H]1c1ccccc1. The Labute approximate surface area is 159 Å². The highest BCUT2D eigenvalue weighted by molar-refractivity contribution is 5.95. The first kappa shape index (κ1) is 19.1. The second-order valence-electron chi connectivity index (χ2n) is 7.45. The van der Waals surface area contributed by atoms with Crippen molar-refractivity contribution in [3.63, 3.8) is 0 Å². The molecule has 5 heteroatoms. The number of carbonyl (C=O) groups excluding carboxylic acids is 2. The van der Waals surface area contributed by atoms with E-state index in [0.29, 0.717) is 19.0 Å². The Morgan fingerprint density at radius 3 is 2.41 bits per heavy atom. The third-order valence-corrected chi connectivity index (χ3v) is 4.96. The molecule has 1 aliphatic rings. The van der Waals surface area contributed by atoms with Crippen molar-refractivity contribution in [2.45, 2.75) is 19.8 Å². The highest BCUT2D eigenvalue weighted by Gasteiger charge is 2.40. The molecular weight excluding hydrogens is 343 g/mol. The molecule has 142 valence electrons. The number of hydrogen-bond donors (Lipinski definition) is 1. The lowest BCUT2D eigenvalue weighted by Crippen LogP contribution is -2.37. The summed E-state index contributed by atoms with van der Waals surface area (Å²) >= 11 is 0. The van der Waals surface area contributed by atoms with Gasteiger partial charge in [0.05, 0.1) is 11.5 Å². The van der Waals surface area contributed by atoms with Crippen molar-refractivity contribution >= 4 is 11.8 Å². The lowest BCUT2D eigenvalue weighted by Gasteiger charge is -2.18. The van der Waals surface area contributed by atoms with Crippen molar-refractivity contribution in [1.82, 2.24) is 10.2 Å². The van der Waals surface area contributed by atoms with E-state index >= 15 is 0 Å². The lowest BCUT2D eigenvalue weighted by molar-refractivity contribution is -0.125. The summed E-state index contributed by atoms with van der Waals surface area (Å²) in [6, 6.07) is 15.7. The van der Waals surface area contributed by atoms with Gasteiger partial charge in [0.25, 0.3) is 5.91 Å². The van der Waals surface area contributed by atoms with Crippen LogP contribution in [0.1, 0.15) is 35.7 Å². The number of likely N-dealkylation sites (tertiary alicyclic amines) is 1. The maximum absolute atomic E-state index is 14.1. The van der Waals surface area contributed by atoms with Crippen LogP contribution in [0.3, 0.4) is 0 Å². The Kier molecular flexibility index (Phi) is 5.89. The van der Waals surface area contributed by atoms with Crippen LogP contribution in [0.4, 0.5) is 4.39 Å². The van der Waals surface area contributed by atoms with Crippen molar-refractivity contribution in [3.8, 4) is 0 Å². The molecule has 27 heavy (non-hydrogen) atoms. The van der Waals surface area contributed by atoms with Gasteiger partial charge in [0.15, 0.2) is 0 Å². The van der Waals surface area contributed by atoms with Gasteiger partial charge >= 0.3 is 0 Å². The first-order chi connectivity index (χ1) is 13.0. The molecular formula is C22H25FN2O2. The Hall–Kier alpha value is -2.69. The van der Waals surface area contributed by atoms with Gasteiger partial charge in [-0.25, -0.2) is 4.39 Å². The van der Waals surface area contributed by atoms with Gasteiger partial charge in [0.1, 0.15) is 5.82 Å². The summed E-state index contributed by atoms with van der Waals surface area (Å²) in [6.45, 7) is 5.36. The summed E-state index contributed by atoms with van der Waals surface area (Å²) in [4.78, 5) is 27.2. The zero-order valence-corrected chi connectivity index (χ0v) is 15.7. The first-order valence-corrected chi connectivity index (χ1v) is 9.34. The Balaban J connectivity index is 1.84. The van der Waals surface area contributed by atoms with Crippen LogP contribution in [-0.4, -0.2) is 36.3 Å². The van der Waals surface area contributed by atoms with Crippen LogP contribution in [-0.2, 0) is 4.79 Å². The van der Waals surface area contributed by atoms with E-state index in [1.54, 1.807) is 17.0 Å². The Morgan fingerprint density at radius 2 is 1.74 bits per heavy atom. The van der Waals surface area contributed by atoms with E-state index in [4.69, 9.17) is 0 Å². The molecule has 2 atom stereocenters. The fraction of sp³-hybridized carbons (Fsp3) is 0.364. The quantitative estimate of drug-likeness (QED) is 0.879. The van der Waals surface area contributed by atoms with E-state index in [2.05, 4.69) is 5.32 Å². The molecule has 0 spiro atoms. The topological polar surface area (TPSA) is 49.4 Å². The molecule has 4 nitrogen and oxygen atoms in total. The van der Waals surface area contributed by atoms with Crippen molar-refractivity contribution in [2.24, 2.45) is 11.8 Å². The fourth-order valence-electron chi connectivity index (χ4n) is 3.51. The Bertz CT molecular complexity index is 807. The van der Waals surface area contributed by atoms with Crippen LogP contribution in [0.2, 0.25) is 0 Å². The molecule has 3 rings (SSSR count). The van der Waals surface area contributed by atoms with Gasteiger partial charge in [-0.05, 0) is 23.6 Å². The van der Waals surface area contributed by atoms with Crippen LogP contribution < -0.4 is 5.32 Å². The van der Waals surface area contributed by atoms with Gasteiger partial charge in [-0.1, -0.05) is 56.3 Å². The van der Waals surface area contributed by atoms with Crippen molar-refractivity contribution in [2.75, 3.05) is 19.6 Å². The van der Waals surface area contributed by atoms with E-state index < -0.39 is 5.82 Å². The minimum absolute atomic E-state index is 0.0487. The molecule has 0 unspecified atom stereocenters. The molecule has 0 aliphatic carbocycles. The molecule has 2 aromatic carbocycles. The number of nitrogens with one attached hydrogen (secondary N) is 1. The highest BCUT2D eigenvalue weighted by Crippen LogP contribution is 2.34. The van der Waals surface area contributed by atoms with Crippen LogP contribution in [0.15, 0.2) is 54.6 Å². The molecule has 1 aliphatic heterocycles. The minimum Gasteiger partial charge on any atom is -0.356 e. The summed E-state index contributed by atoms with van der Waals surface area (Å²) in [5.74, 6) is -1.06. The first-order valence-electron chi connectivity index (χ1n) is 9.34. The largest absolute Gasteiger partial charge is 0.356 e. The van der Waals surface area contributed by atoms with E-state index in [-0.39, 0.29) is 35.8 Å². The molecule has 0 radical (unpaired) electrons. The Morgan fingerprint density at radius 1 is 1.07 bits per heavy atom. The molecule has 1 N–H and O–H groups in total. The van der Waals surface area contributed by atoms with Gasteiger partial charge in [-0.15, -0.1) is 0 Å². The summed E-state index contributed by atoms with van der Waals surface area (Å²) in [6.07, 6.45) is 0. The third-order valence-electron chi connectivity index (χ3n) is 4.96. The molecule has 0 saturated carbocycles. The second-order valence-corrected chi connectivity index (χ2v) is 7.45. The lowest BCUT2D eigenvalue weighted by atomic mass is 9.88. The van der Waals surface area contributed by atoms with Crippen LogP contribution in [0, 0.1) is 17.7 Å². The van der Waals surface area contributed by atoms with Gasteiger partial charge in [0.2, 0.25) is 5.91 Å².